The van der Waals surface area contributed by atoms with E-state index in [1.807, 2.05) is 19.1 Å². The van der Waals surface area contributed by atoms with Crippen molar-refractivity contribution in [3.8, 4) is 5.75 Å². The summed E-state index contributed by atoms with van der Waals surface area (Å²) in [6.45, 7) is 8.83. The van der Waals surface area contributed by atoms with Gasteiger partial charge in [0.05, 0.1) is 12.6 Å². The molecule has 25 heavy (non-hydrogen) atoms. The molecule has 1 atom stereocenters. The van der Waals surface area contributed by atoms with E-state index in [1.54, 1.807) is 12.1 Å². The number of ether oxygens (including phenoxy) is 1. The number of halogens is 1. The van der Waals surface area contributed by atoms with Crippen molar-refractivity contribution < 1.29 is 9.53 Å². The van der Waals surface area contributed by atoms with Crippen molar-refractivity contribution in [3.63, 3.8) is 0 Å². The predicted octanol–water partition coefficient (Wildman–Crippen LogP) is 5.30. The molecular weight excluding hydrogens is 334 g/mol. The van der Waals surface area contributed by atoms with Gasteiger partial charge >= 0.3 is 0 Å². The average Bonchev–Trinajstić information content (AvgIpc) is 2.56. The summed E-state index contributed by atoms with van der Waals surface area (Å²) >= 11 is 5.83. The summed E-state index contributed by atoms with van der Waals surface area (Å²) in [5.74, 6) is 0.814. The molecule has 1 amide bonds. The third kappa shape index (κ3) is 5.79. The van der Waals surface area contributed by atoms with Gasteiger partial charge in [0.2, 0.25) is 5.91 Å². The monoisotopic (exact) mass is 359 g/mol. The lowest BCUT2D eigenvalue weighted by molar-refractivity contribution is -0.121. The van der Waals surface area contributed by atoms with Crippen molar-refractivity contribution in [1.29, 1.82) is 0 Å². The SMILES string of the molecule is Cc1cc(C)c([C@H](C)NC(=O)CCCOc2ccc(Cl)cc2)cc1C. The van der Waals surface area contributed by atoms with Gasteiger partial charge in [-0.1, -0.05) is 23.7 Å². The van der Waals surface area contributed by atoms with Crippen LogP contribution in [0.25, 0.3) is 0 Å². The summed E-state index contributed by atoms with van der Waals surface area (Å²) in [5, 5.41) is 3.76. The molecule has 2 aromatic rings. The Morgan fingerprint density at radius 1 is 1.08 bits per heavy atom. The first-order valence-electron chi connectivity index (χ1n) is 8.62. The zero-order chi connectivity index (χ0) is 18.4. The molecule has 0 saturated carbocycles. The second-order valence-electron chi connectivity index (χ2n) is 6.49. The molecule has 0 radical (unpaired) electrons. The molecule has 4 heteroatoms. The molecular formula is C21H26ClNO2. The van der Waals surface area contributed by atoms with E-state index in [-0.39, 0.29) is 11.9 Å². The number of amides is 1. The fourth-order valence-corrected chi connectivity index (χ4v) is 2.92. The Balaban J connectivity index is 1.78. The molecule has 0 aliphatic rings. The van der Waals surface area contributed by atoms with Crippen LogP contribution in [0, 0.1) is 20.8 Å². The fourth-order valence-electron chi connectivity index (χ4n) is 2.79. The second kappa shape index (κ2) is 8.91. The van der Waals surface area contributed by atoms with Gasteiger partial charge in [0.15, 0.2) is 0 Å². The maximum absolute atomic E-state index is 12.2. The Morgan fingerprint density at radius 2 is 1.72 bits per heavy atom. The number of hydrogen-bond donors (Lipinski definition) is 1. The highest BCUT2D eigenvalue weighted by atomic mass is 35.5. The maximum Gasteiger partial charge on any atom is 0.220 e. The Labute approximate surface area is 155 Å². The van der Waals surface area contributed by atoms with Crippen molar-refractivity contribution in [2.75, 3.05) is 6.61 Å². The van der Waals surface area contributed by atoms with E-state index in [0.717, 1.165) is 5.75 Å². The van der Waals surface area contributed by atoms with Crippen LogP contribution in [0.3, 0.4) is 0 Å². The summed E-state index contributed by atoms with van der Waals surface area (Å²) in [6, 6.07) is 11.6. The highest BCUT2D eigenvalue weighted by Crippen LogP contribution is 2.22. The van der Waals surface area contributed by atoms with E-state index in [2.05, 4.69) is 38.2 Å². The minimum atomic E-state index is 0.00369. The third-order valence-corrected chi connectivity index (χ3v) is 4.61. The van der Waals surface area contributed by atoms with Crippen LogP contribution in [-0.2, 0) is 4.79 Å². The standard InChI is InChI=1S/C21H26ClNO2/c1-14-12-16(3)20(13-15(14)2)17(4)23-21(24)6-5-11-25-19-9-7-18(22)8-10-19/h7-10,12-13,17H,5-6,11H2,1-4H3,(H,23,24)/t17-/m0/s1. The first-order chi connectivity index (χ1) is 11.9. The molecule has 1 N–H and O–H groups in total. The van der Waals surface area contributed by atoms with Crippen LogP contribution in [0.5, 0.6) is 5.75 Å². The molecule has 0 bridgehead atoms. The smallest absolute Gasteiger partial charge is 0.220 e. The van der Waals surface area contributed by atoms with Crippen LogP contribution >= 0.6 is 11.6 Å². The molecule has 0 heterocycles. The highest BCUT2D eigenvalue weighted by molar-refractivity contribution is 6.30. The molecule has 0 aromatic heterocycles. The van der Waals surface area contributed by atoms with Gasteiger partial charge in [-0.15, -0.1) is 0 Å². The summed E-state index contributed by atoms with van der Waals surface area (Å²) in [5.41, 5.74) is 4.91. The Morgan fingerprint density at radius 3 is 2.40 bits per heavy atom. The van der Waals surface area contributed by atoms with Gasteiger partial charge in [0.25, 0.3) is 0 Å². The summed E-state index contributed by atoms with van der Waals surface area (Å²) in [7, 11) is 0. The molecule has 134 valence electrons. The first-order valence-corrected chi connectivity index (χ1v) is 9.00. The molecule has 2 aromatic carbocycles. The van der Waals surface area contributed by atoms with Gasteiger partial charge in [-0.3, -0.25) is 4.79 Å². The van der Waals surface area contributed by atoms with E-state index in [1.165, 1.54) is 22.3 Å². The molecule has 2 rings (SSSR count). The molecule has 0 spiro atoms. The van der Waals surface area contributed by atoms with E-state index in [0.29, 0.717) is 24.5 Å². The lowest BCUT2D eigenvalue weighted by Crippen LogP contribution is -2.27. The number of hydrogen-bond acceptors (Lipinski definition) is 2. The van der Waals surface area contributed by atoms with Crippen molar-refractivity contribution in [1.82, 2.24) is 5.32 Å². The Kier molecular flexibility index (Phi) is 6.89. The molecule has 0 unspecified atom stereocenters. The summed E-state index contributed by atoms with van der Waals surface area (Å²) in [6.07, 6.45) is 1.12. The van der Waals surface area contributed by atoms with Gasteiger partial charge in [0.1, 0.15) is 5.75 Å². The van der Waals surface area contributed by atoms with Gasteiger partial charge in [-0.05, 0) is 80.6 Å². The van der Waals surface area contributed by atoms with Crippen molar-refractivity contribution in [2.45, 2.75) is 46.6 Å². The summed E-state index contributed by atoms with van der Waals surface area (Å²) < 4.78 is 5.61. The van der Waals surface area contributed by atoms with Crippen LogP contribution in [0.15, 0.2) is 36.4 Å². The third-order valence-electron chi connectivity index (χ3n) is 4.36. The van der Waals surface area contributed by atoms with Crippen LogP contribution in [0.2, 0.25) is 5.02 Å². The van der Waals surface area contributed by atoms with Gasteiger partial charge in [0, 0.05) is 11.4 Å². The Bertz CT molecular complexity index is 725. The highest BCUT2D eigenvalue weighted by Gasteiger charge is 2.12. The molecule has 0 fully saturated rings. The number of nitrogens with one attached hydrogen (secondary N) is 1. The van der Waals surface area contributed by atoms with Crippen LogP contribution in [-0.4, -0.2) is 12.5 Å². The van der Waals surface area contributed by atoms with Crippen molar-refractivity contribution >= 4 is 17.5 Å². The zero-order valence-electron chi connectivity index (χ0n) is 15.4. The number of carbonyl (C=O) groups excluding carboxylic acids is 1. The van der Waals surface area contributed by atoms with Crippen LogP contribution in [0.1, 0.15) is 48.1 Å². The van der Waals surface area contributed by atoms with E-state index in [9.17, 15) is 4.79 Å². The van der Waals surface area contributed by atoms with E-state index in [4.69, 9.17) is 16.3 Å². The number of carbonyl (C=O) groups is 1. The van der Waals surface area contributed by atoms with Gasteiger partial charge in [-0.2, -0.15) is 0 Å². The number of rotatable bonds is 7. The Hall–Kier alpha value is -2.00. The minimum absolute atomic E-state index is 0.00369. The molecule has 0 saturated heterocycles. The van der Waals surface area contributed by atoms with E-state index < -0.39 is 0 Å². The van der Waals surface area contributed by atoms with E-state index >= 15 is 0 Å². The lowest BCUT2D eigenvalue weighted by atomic mass is 9.96. The van der Waals surface area contributed by atoms with Crippen molar-refractivity contribution in [2.24, 2.45) is 0 Å². The molecule has 0 aliphatic heterocycles. The number of aryl methyl sites for hydroxylation is 3. The molecule has 3 nitrogen and oxygen atoms in total. The first kappa shape index (κ1) is 19.3. The zero-order valence-corrected chi connectivity index (χ0v) is 16.1. The quantitative estimate of drug-likeness (QED) is 0.681. The van der Waals surface area contributed by atoms with Crippen LogP contribution < -0.4 is 10.1 Å². The lowest BCUT2D eigenvalue weighted by Gasteiger charge is -2.18. The van der Waals surface area contributed by atoms with Gasteiger partial charge in [-0.25, -0.2) is 0 Å². The average molecular weight is 360 g/mol. The topological polar surface area (TPSA) is 38.3 Å². The predicted molar refractivity (Wildman–Crippen MR) is 103 cm³/mol. The van der Waals surface area contributed by atoms with Gasteiger partial charge < -0.3 is 10.1 Å². The summed E-state index contributed by atoms with van der Waals surface area (Å²) in [4.78, 5) is 12.2. The molecule has 0 aliphatic carbocycles. The fraction of sp³-hybridized carbons (Fsp3) is 0.381. The number of benzene rings is 2. The minimum Gasteiger partial charge on any atom is -0.494 e. The van der Waals surface area contributed by atoms with Crippen LogP contribution in [0.4, 0.5) is 0 Å². The van der Waals surface area contributed by atoms with Crippen molar-refractivity contribution in [3.05, 3.63) is 63.7 Å². The maximum atomic E-state index is 12.2. The normalized spacial score (nSPS) is 11.9. The second-order valence-corrected chi connectivity index (χ2v) is 6.92. The largest absolute Gasteiger partial charge is 0.494 e.